The minimum Gasteiger partial charge on any atom is -0.236 e. The van der Waals surface area contributed by atoms with Crippen molar-refractivity contribution in [3.8, 4) is 6.07 Å². The van der Waals surface area contributed by atoms with Crippen LogP contribution >= 0.6 is 0 Å². The first-order valence-corrected chi connectivity index (χ1v) is 4.78. The van der Waals surface area contributed by atoms with Crippen LogP contribution in [0.3, 0.4) is 0 Å². The highest BCUT2D eigenvalue weighted by atomic mass is 15.3. The Balaban J connectivity index is 2.83. The van der Waals surface area contributed by atoms with Crippen molar-refractivity contribution in [3.05, 3.63) is 29.7 Å². The molecule has 76 valence electrons. The van der Waals surface area contributed by atoms with Crippen molar-refractivity contribution in [1.29, 1.82) is 5.26 Å². The van der Waals surface area contributed by atoms with Gasteiger partial charge in [-0.1, -0.05) is 20.8 Å². The van der Waals surface area contributed by atoms with Gasteiger partial charge in [-0.05, 0) is 6.07 Å². The standard InChI is InChI=1S/C11H12N4/c1-11(2,3)9-8(7-12)10-13-5-4-6-15(10)14-9/h4-6H,1-3H3. The molecule has 4 heteroatoms. The molecule has 4 nitrogen and oxygen atoms in total. The first-order chi connectivity index (χ1) is 7.04. The Kier molecular flexibility index (Phi) is 1.97. The van der Waals surface area contributed by atoms with Gasteiger partial charge in [-0.15, -0.1) is 0 Å². The molecule has 0 spiro atoms. The predicted molar refractivity (Wildman–Crippen MR) is 56.4 cm³/mol. The zero-order valence-electron chi connectivity index (χ0n) is 9.02. The maximum atomic E-state index is 9.13. The van der Waals surface area contributed by atoms with Crippen molar-refractivity contribution in [2.75, 3.05) is 0 Å². The zero-order valence-corrected chi connectivity index (χ0v) is 9.02. The van der Waals surface area contributed by atoms with Crippen LogP contribution in [-0.4, -0.2) is 14.6 Å². The molecule has 2 aromatic rings. The average molecular weight is 200 g/mol. The van der Waals surface area contributed by atoms with E-state index in [9.17, 15) is 0 Å². The summed E-state index contributed by atoms with van der Waals surface area (Å²) in [6, 6.07) is 3.98. The van der Waals surface area contributed by atoms with Gasteiger partial charge in [0.15, 0.2) is 5.65 Å². The minimum atomic E-state index is -0.140. The van der Waals surface area contributed by atoms with Gasteiger partial charge < -0.3 is 0 Å². The van der Waals surface area contributed by atoms with Crippen molar-refractivity contribution in [2.45, 2.75) is 26.2 Å². The van der Waals surface area contributed by atoms with Crippen molar-refractivity contribution in [2.24, 2.45) is 0 Å². The maximum Gasteiger partial charge on any atom is 0.173 e. The molecule has 0 saturated carbocycles. The number of nitriles is 1. The number of hydrogen-bond acceptors (Lipinski definition) is 3. The Morgan fingerprint density at radius 3 is 2.73 bits per heavy atom. The summed E-state index contributed by atoms with van der Waals surface area (Å²) in [5, 5.41) is 13.5. The largest absolute Gasteiger partial charge is 0.236 e. The van der Waals surface area contributed by atoms with E-state index in [1.807, 2.05) is 20.8 Å². The molecule has 0 saturated heterocycles. The predicted octanol–water partition coefficient (Wildman–Crippen LogP) is 1.90. The molecule has 15 heavy (non-hydrogen) atoms. The molecule has 0 aromatic carbocycles. The average Bonchev–Trinajstić information content (AvgIpc) is 2.55. The molecular formula is C11H12N4. The highest BCUT2D eigenvalue weighted by Crippen LogP contribution is 2.25. The molecule has 0 fully saturated rings. The summed E-state index contributed by atoms with van der Waals surface area (Å²) < 4.78 is 1.65. The second-order valence-electron chi connectivity index (χ2n) is 4.47. The summed E-state index contributed by atoms with van der Waals surface area (Å²) in [5.41, 5.74) is 1.86. The smallest absolute Gasteiger partial charge is 0.173 e. The third-order valence-electron chi connectivity index (χ3n) is 2.22. The van der Waals surface area contributed by atoms with Crippen molar-refractivity contribution < 1.29 is 0 Å². The highest BCUT2D eigenvalue weighted by molar-refractivity contribution is 5.58. The first-order valence-electron chi connectivity index (χ1n) is 4.78. The molecule has 2 rings (SSSR count). The van der Waals surface area contributed by atoms with Gasteiger partial charge in [0, 0.05) is 17.8 Å². The van der Waals surface area contributed by atoms with Gasteiger partial charge in [0.05, 0.1) is 5.69 Å². The van der Waals surface area contributed by atoms with Gasteiger partial charge in [-0.25, -0.2) is 9.50 Å². The Hall–Kier alpha value is -1.89. The molecule has 2 heterocycles. The van der Waals surface area contributed by atoms with Crippen LogP contribution in [0.15, 0.2) is 18.5 Å². The topological polar surface area (TPSA) is 54.0 Å². The number of fused-ring (bicyclic) bond motifs is 1. The summed E-state index contributed by atoms with van der Waals surface area (Å²) in [7, 11) is 0. The zero-order chi connectivity index (χ0) is 11.1. The van der Waals surface area contributed by atoms with E-state index in [1.54, 1.807) is 23.0 Å². The lowest BCUT2D eigenvalue weighted by molar-refractivity contribution is 0.561. The van der Waals surface area contributed by atoms with E-state index in [0.717, 1.165) is 5.69 Å². The molecule has 0 radical (unpaired) electrons. The Morgan fingerprint density at radius 1 is 1.40 bits per heavy atom. The van der Waals surface area contributed by atoms with E-state index in [-0.39, 0.29) is 5.41 Å². The van der Waals surface area contributed by atoms with E-state index in [0.29, 0.717) is 11.2 Å². The van der Waals surface area contributed by atoms with Crippen LogP contribution < -0.4 is 0 Å². The summed E-state index contributed by atoms with van der Waals surface area (Å²) in [5.74, 6) is 0. The van der Waals surface area contributed by atoms with E-state index >= 15 is 0 Å². The van der Waals surface area contributed by atoms with E-state index in [2.05, 4.69) is 16.2 Å². The van der Waals surface area contributed by atoms with Crippen LogP contribution in [0.5, 0.6) is 0 Å². The van der Waals surface area contributed by atoms with Crippen molar-refractivity contribution >= 4 is 5.65 Å². The molecule has 0 amide bonds. The minimum absolute atomic E-state index is 0.140. The third-order valence-corrected chi connectivity index (χ3v) is 2.22. The van der Waals surface area contributed by atoms with E-state index in [4.69, 9.17) is 5.26 Å². The molecule has 0 aliphatic heterocycles. The normalized spacial score (nSPS) is 11.6. The lowest BCUT2D eigenvalue weighted by Gasteiger charge is -2.14. The van der Waals surface area contributed by atoms with Crippen LogP contribution in [0.25, 0.3) is 5.65 Å². The van der Waals surface area contributed by atoms with Crippen molar-refractivity contribution in [3.63, 3.8) is 0 Å². The van der Waals surface area contributed by atoms with Gasteiger partial charge in [-0.2, -0.15) is 10.4 Å². The number of nitrogens with zero attached hydrogens (tertiary/aromatic N) is 4. The summed E-state index contributed by atoms with van der Waals surface area (Å²) in [6.07, 6.45) is 3.47. The van der Waals surface area contributed by atoms with Gasteiger partial charge in [0.1, 0.15) is 11.6 Å². The van der Waals surface area contributed by atoms with Crippen LogP contribution in [-0.2, 0) is 5.41 Å². The number of rotatable bonds is 0. The summed E-state index contributed by atoms with van der Waals surface area (Å²) >= 11 is 0. The molecule has 0 aliphatic carbocycles. The van der Waals surface area contributed by atoms with Gasteiger partial charge in [0.2, 0.25) is 0 Å². The Bertz CT molecular complexity index is 540. The van der Waals surface area contributed by atoms with E-state index < -0.39 is 0 Å². The molecular weight excluding hydrogens is 188 g/mol. The fourth-order valence-electron chi connectivity index (χ4n) is 1.51. The molecule has 0 atom stereocenters. The monoisotopic (exact) mass is 200 g/mol. The number of aromatic nitrogens is 3. The molecule has 0 bridgehead atoms. The van der Waals surface area contributed by atoms with Crippen LogP contribution in [0.4, 0.5) is 0 Å². The fourth-order valence-corrected chi connectivity index (χ4v) is 1.51. The molecule has 2 aromatic heterocycles. The quantitative estimate of drug-likeness (QED) is 0.652. The lowest BCUT2D eigenvalue weighted by atomic mass is 9.90. The van der Waals surface area contributed by atoms with Gasteiger partial charge >= 0.3 is 0 Å². The lowest BCUT2D eigenvalue weighted by Crippen LogP contribution is -2.13. The highest BCUT2D eigenvalue weighted by Gasteiger charge is 2.24. The Labute approximate surface area is 88.2 Å². The number of hydrogen-bond donors (Lipinski definition) is 0. The van der Waals surface area contributed by atoms with Crippen LogP contribution in [0.1, 0.15) is 32.0 Å². The van der Waals surface area contributed by atoms with Crippen LogP contribution in [0, 0.1) is 11.3 Å². The molecule has 0 unspecified atom stereocenters. The Morgan fingerprint density at radius 2 is 2.13 bits per heavy atom. The van der Waals surface area contributed by atoms with Gasteiger partial charge in [-0.3, -0.25) is 0 Å². The second kappa shape index (κ2) is 3.06. The third kappa shape index (κ3) is 1.46. The molecule has 0 N–H and O–H groups in total. The second-order valence-corrected chi connectivity index (χ2v) is 4.47. The maximum absolute atomic E-state index is 9.13. The molecule has 0 aliphatic rings. The van der Waals surface area contributed by atoms with Crippen LogP contribution in [0.2, 0.25) is 0 Å². The van der Waals surface area contributed by atoms with Gasteiger partial charge in [0.25, 0.3) is 0 Å². The first kappa shape index (κ1) is 9.66. The van der Waals surface area contributed by atoms with E-state index in [1.165, 1.54) is 0 Å². The van der Waals surface area contributed by atoms with Crippen molar-refractivity contribution in [1.82, 2.24) is 14.6 Å². The summed E-state index contributed by atoms with van der Waals surface area (Å²) in [4.78, 5) is 4.16. The summed E-state index contributed by atoms with van der Waals surface area (Å²) in [6.45, 7) is 6.11. The SMILES string of the molecule is CC(C)(C)c1nn2cccnc2c1C#N. The fraction of sp³-hybridized carbons (Fsp3) is 0.364.